The molecule has 1 saturated heterocycles. The SMILES string of the molecule is COC(=O)[C@@H]1C[C@H](C(=O)OC(C)(C)C)N[C@@H]1c1ccccc1F. The van der Waals surface area contributed by atoms with Crippen molar-refractivity contribution in [2.75, 3.05) is 7.11 Å². The molecule has 5 nitrogen and oxygen atoms in total. The van der Waals surface area contributed by atoms with Crippen LogP contribution in [-0.4, -0.2) is 30.7 Å². The average Bonchev–Trinajstić information content (AvgIpc) is 2.90. The summed E-state index contributed by atoms with van der Waals surface area (Å²) in [5.74, 6) is -2.00. The molecule has 0 aliphatic carbocycles. The van der Waals surface area contributed by atoms with Gasteiger partial charge in [0.15, 0.2) is 0 Å². The molecule has 23 heavy (non-hydrogen) atoms. The number of halogens is 1. The van der Waals surface area contributed by atoms with Gasteiger partial charge in [-0.25, -0.2) is 4.39 Å². The number of carbonyl (C=O) groups is 2. The molecule has 126 valence electrons. The zero-order chi connectivity index (χ0) is 17.2. The fourth-order valence-electron chi connectivity index (χ4n) is 2.75. The molecule has 1 aliphatic heterocycles. The number of carbonyl (C=O) groups excluding carboxylic acids is 2. The first-order valence-electron chi connectivity index (χ1n) is 7.54. The van der Waals surface area contributed by atoms with Crippen LogP contribution < -0.4 is 5.32 Å². The molecule has 1 fully saturated rings. The van der Waals surface area contributed by atoms with Crippen molar-refractivity contribution in [2.24, 2.45) is 5.92 Å². The second-order valence-corrected chi connectivity index (χ2v) is 6.62. The van der Waals surface area contributed by atoms with E-state index in [0.29, 0.717) is 5.56 Å². The molecule has 0 unspecified atom stereocenters. The Bertz CT molecular complexity index is 597. The Balaban J connectivity index is 2.25. The highest BCUT2D eigenvalue weighted by Crippen LogP contribution is 2.35. The largest absolute Gasteiger partial charge is 0.469 e. The Morgan fingerprint density at radius 1 is 1.22 bits per heavy atom. The molecule has 1 N–H and O–H groups in total. The predicted molar refractivity (Wildman–Crippen MR) is 82.0 cm³/mol. The fourth-order valence-corrected chi connectivity index (χ4v) is 2.75. The van der Waals surface area contributed by atoms with Crippen molar-refractivity contribution < 1.29 is 23.5 Å². The van der Waals surface area contributed by atoms with Crippen molar-refractivity contribution in [1.82, 2.24) is 5.32 Å². The molecule has 0 bridgehead atoms. The maximum atomic E-state index is 14.1. The Kier molecular flexibility index (Phi) is 5.04. The van der Waals surface area contributed by atoms with Gasteiger partial charge in [0.05, 0.1) is 13.0 Å². The maximum Gasteiger partial charge on any atom is 0.323 e. The summed E-state index contributed by atoms with van der Waals surface area (Å²) in [5, 5.41) is 3.02. The molecule has 1 aliphatic rings. The summed E-state index contributed by atoms with van der Waals surface area (Å²) in [4.78, 5) is 24.3. The molecular formula is C17H22FNO4. The lowest BCUT2D eigenvalue weighted by Gasteiger charge is -2.22. The van der Waals surface area contributed by atoms with E-state index in [1.807, 2.05) is 0 Å². The summed E-state index contributed by atoms with van der Waals surface area (Å²) in [5.41, 5.74) is -0.288. The number of esters is 2. The van der Waals surface area contributed by atoms with E-state index in [-0.39, 0.29) is 6.42 Å². The standard InChI is InChI=1S/C17H22FNO4/c1-17(2,3)23-16(21)13-9-11(15(20)22-4)14(19-13)10-7-5-6-8-12(10)18/h5-8,11,13-14,19H,9H2,1-4H3/t11-,13-,14-/m1/s1. The molecule has 0 spiro atoms. The summed E-state index contributed by atoms with van der Waals surface area (Å²) < 4.78 is 24.2. The second kappa shape index (κ2) is 6.66. The van der Waals surface area contributed by atoms with Gasteiger partial charge in [-0.15, -0.1) is 0 Å². The molecule has 1 heterocycles. The number of methoxy groups -OCH3 is 1. The van der Waals surface area contributed by atoms with Crippen LogP contribution >= 0.6 is 0 Å². The van der Waals surface area contributed by atoms with Gasteiger partial charge in [-0.05, 0) is 33.3 Å². The Hall–Kier alpha value is -1.95. The number of nitrogens with one attached hydrogen (secondary N) is 1. The molecule has 0 aromatic heterocycles. The minimum Gasteiger partial charge on any atom is -0.469 e. The summed E-state index contributed by atoms with van der Waals surface area (Å²) in [6.07, 6.45) is 0.209. The number of benzene rings is 1. The van der Waals surface area contributed by atoms with Crippen LogP contribution in [0.2, 0.25) is 0 Å². The van der Waals surface area contributed by atoms with Gasteiger partial charge in [-0.1, -0.05) is 18.2 Å². The van der Waals surface area contributed by atoms with Gasteiger partial charge < -0.3 is 9.47 Å². The first kappa shape index (κ1) is 17.4. The molecule has 0 saturated carbocycles. The third-order valence-electron chi connectivity index (χ3n) is 3.71. The van der Waals surface area contributed by atoms with Gasteiger partial charge in [0.25, 0.3) is 0 Å². The lowest BCUT2D eigenvalue weighted by atomic mass is 9.93. The quantitative estimate of drug-likeness (QED) is 0.865. The lowest BCUT2D eigenvalue weighted by molar-refractivity contribution is -0.157. The van der Waals surface area contributed by atoms with Gasteiger partial charge in [0, 0.05) is 11.6 Å². The van der Waals surface area contributed by atoms with E-state index in [1.54, 1.807) is 39.0 Å². The first-order chi connectivity index (χ1) is 10.7. The monoisotopic (exact) mass is 323 g/mol. The Morgan fingerprint density at radius 3 is 2.43 bits per heavy atom. The minimum absolute atomic E-state index is 0.209. The van der Waals surface area contributed by atoms with Crippen LogP contribution in [0.4, 0.5) is 4.39 Å². The van der Waals surface area contributed by atoms with E-state index in [0.717, 1.165) is 0 Å². The Morgan fingerprint density at radius 2 is 1.87 bits per heavy atom. The van der Waals surface area contributed by atoms with Gasteiger partial charge in [-0.3, -0.25) is 14.9 Å². The van der Waals surface area contributed by atoms with Crippen LogP contribution in [0.15, 0.2) is 24.3 Å². The van der Waals surface area contributed by atoms with Crippen LogP contribution in [0.3, 0.4) is 0 Å². The summed E-state index contributed by atoms with van der Waals surface area (Å²) in [7, 11) is 1.28. The highest BCUT2D eigenvalue weighted by atomic mass is 19.1. The zero-order valence-electron chi connectivity index (χ0n) is 13.8. The van der Waals surface area contributed by atoms with Gasteiger partial charge >= 0.3 is 11.9 Å². The minimum atomic E-state index is -0.678. The smallest absolute Gasteiger partial charge is 0.323 e. The fraction of sp³-hybridized carbons (Fsp3) is 0.529. The summed E-state index contributed by atoms with van der Waals surface area (Å²) in [6.45, 7) is 5.31. The third-order valence-corrected chi connectivity index (χ3v) is 3.71. The van der Waals surface area contributed by atoms with Crippen LogP contribution in [0, 0.1) is 11.7 Å². The van der Waals surface area contributed by atoms with Gasteiger partial charge in [0.2, 0.25) is 0 Å². The highest BCUT2D eigenvalue weighted by Gasteiger charge is 2.44. The van der Waals surface area contributed by atoms with E-state index in [9.17, 15) is 14.0 Å². The second-order valence-electron chi connectivity index (χ2n) is 6.62. The van der Waals surface area contributed by atoms with Crippen LogP contribution in [0.5, 0.6) is 0 Å². The average molecular weight is 323 g/mol. The van der Waals surface area contributed by atoms with E-state index in [4.69, 9.17) is 9.47 Å². The molecule has 0 radical (unpaired) electrons. The maximum absolute atomic E-state index is 14.1. The lowest BCUT2D eigenvalue weighted by Crippen LogP contribution is -2.38. The van der Waals surface area contributed by atoms with Crippen molar-refractivity contribution in [2.45, 2.75) is 44.9 Å². The highest BCUT2D eigenvalue weighted by molar-refractivity contribution is 5.81. The molecule has 0 amide bonds. The van der Waals surface area contributed by atoms with E-state index >= 15 is 0 Å². The number of hydrogen-bond donors (Lipinski definition) is 1. The van der Waals surface area contributed by atoms with Crippen molar-refractivity contribution in [3.05, 3.63) is 35.6 Å². The van der Waals surface area contributed by atoms with E-state index in [2.05, 4.69) is 5.32 Å². The van der Waals surface area contributed by atoms with Crippen LogP contribution in [0.25, 0.3) is 0 Å². The van der Waals surface area contributed by atoms with Crippen LogP contribution in [0.1, 0.15) is 38.8 Å². The molecule has 1 aromatic carbocycles. The zero-order valence-corrected chi connectivity index (χ0v) is 13.8. The topological polar surface area (TPSA) is 64.6 Å². The van der Waals surface area contributed by atoms with Crippen molar-refractivity contribution in [1.29, 1.82) is 0 Å². The third kappa shape index (κ3) is 4.07. The van der Waals surface area contributed by atoms with Crippen molar-refractivity contribution >= 4 is 11.9 Å². The number of hydrogen-bond acceptors (Lipinski definition) is 5. The number of rotatable bonds is 3. The normalized spacial score (nSPS) is 24.3. The van der Waals surface area contributed by atoms with Crippen molar-refractivity contribution in [3.63, 3.8) is 0 Å². The number of ether oxygens (including phenoxy) is 2. The molecule has 3 atom stereocenters. The van der Waals surface area contributed by atoms with E-state index in [1.165, 1.54) is 13.2 Å². The molecular weight excluding hydrogens is 301 g/mol. The van der Waals surface area contributed by atoms with Gasteiger partial charge in [-0.2, -0.15) is 0 Å². The predicted octanol–water partition coefficient (Wildman–Crippen LogP) is 2.36. The molecule has 6 heteroatoms. The molecule has 2 rings (SSSR count). The first-order valence-corrected chi connectivity index (χ1v) is 7.54. The molecule has 1 aromatic rings. The van der Waals surface area contributed by atoms with E-state index < -0.39 is 41.4 Å². The van der Waals surface area contributed by atoms with Crippen molar-refractivity contribution in [3.8, 4) is 0 Å². The summed E-state index contributed by atoms with van der Waals surface area (Å²) in [6, 6.07) is 4.89. The van der Waals surface area contributed by atoms with Crippen LogP contribution in [-0.2, 0) is 19.1 Å². The Labute approximate surface area is 135 Å². The van der Waals surface area contributed by atoms with Gasteiger partial charge in [0.1, 0.15) is 17.5 Å². The summed E-state index contributed by atoms with van der Waals surface area (Å²) >= 11 is 0.